The molecule has 2 aliphatic heterocycles. The van der Waals surface area contributed by atoms with Crippen LogP contribution in [-0.2, 0) is 19.4 Å². The standard InChI is InChI=1S/C13H23N3O4S/c1-3-15-5-7-16(8-6-15)13(18)12(17)14(2)11-4-9-21(19,20)10-11/h11H,3-10H2,1-2H3. The van der Waals surface area contributed by atoms with Crippen molar-refractivity contribution in [2.45, 2.75) is 19.4 Å². The Bertz CT molecular complexity index is 512. The molecule has 0 radical (unpaired) electrons. The Hall–Kier alpha value is -1.15. The molecular weight excluding hydrogens is 294 g/mol. The fraction of sp³-hybridized carbons (Fsp3) is 0.846. The van der Waals surface area contributed by atoms with Crippen molar-refractivity contribution in [3.63, 3.8) is 0 Å². The van der Waals surface area contributed by atoms with E-state index in [1.807, 2.05) is 0 Å². The van der Waals surface area contributed by atoms with Crippen LogP contribution in [-0.4, -0.2) is 92.3 Å². The quantitative estimate of drug-likeness (QED) is 0.598. The molecule has 2 rings (SSSR count). The van der Waals surface area contributed by atoms with Crippen LogP contribution >= 0.6 is 0 Å². The second-order valence-electron chi connectivity index (χ2n) is 5.70. The van der Waals surface area contributed by atoms with E-state index in [1.165, 1.54) is 11.9 Å². The minimum atomic E-state index is -3.06. The number of hydrogen-bond donors (Lipinski definition) is 0. The number of piperazine rings is 1. The second-order valence-corrected chi connectivity index (χ2v) is 7.93. The molecule has 0 aromatic carbocycles. The van der Waals surface area contributed by atoms with E-state index in [2.05, 4.69) is 11.8 Å². The summed E-state index contributed by atoms with van der Waals surface area (Å²) in [5.74, 6) is -1.05. The number of carbonyl (C=O) groups excluding carboxylic acids is 2. The molecule has 1 unspecified atom stereocenters. The summed E-state index contributed by atoms with van der Waals surface area (Å²) in [7, 11) is -1.54. The predicted molar refractivity (Wildman–Crippen MR) is 78.5 cm³/mol. The van der Waals surface area contributed by atoms with Gasteiger partial charge in [0.2, 0.25) is 0 Å². The van der Waals surface area contributed by atoms with Gasteiger partial charge in [-0.15, -0.1) is 0 Å². The van der Waals surface area contributed by atoms with E-state index in [-0.39, 0.29) is 17.5 Å². The summed E-state index contributed by atoms with van der Waals surface area (Å²) < 4.78 is 22.9. The second kappa shape index (κ2) is 6.31. The molecule has 2 amide bonds. The Morgan fingerprint density at radius 1 is 1.19 bits per heavy atom. The van der Waals surface area contributed by atoms with E-state index in [0.717, 1.165) is 19.6 Å². The minimum absolute atomic E-state index is 0.0356. The molecule has 1 atom stereocenters. The number of sulfone groups is 1. The SMILES string of the molecule is CCN1CCN(C(=O)C(=O)N(C)C2CCS(=O)(=O)C2)CC1. The predicted octanol–water partition coefficient (Wildman–Crippen LogP) is -1.20. The van der Waals surface area contributed by atoms with Gasteiger partial charge >= 0.3 is 11.8 Å². The van der Waals surface area contributed by atoms with Crippen LogP contribution in [0.4, 0.5) is 0 Å². The number of amides is 2. The summed E-state index contributed by atoms with van der Waals surface area (Å²) in [4.78, 5) is 29.5. The number of likely N-dealkylation sites (N-methyl/N-ethyl adjacent to an activating group) is 2. The van der Waals surface area contributed by atoms with Crippen LogP contribution in [0.5, 0.6) is 0 Å². The maximum Gasteiger partial charge on any atom is 0.312 e. The van der Waals surface area contributed by atoms with Crippen molar-refractivity contribution in [2.75, 3.05) is 51.3 Å². The normalized spacial score (nSPS) is 25.8. The molecule has 2 saturated heterocycles. The first-order valence-corrected chi connectivity index (χ1v) is 9.15. The van der Waals surface area contributed by atoms with Gasteiger partial charge in [-0.3, -0.25) is 9.59 Å². The van der Waals surface area contributed by atoms with E-state index >= 15 is 0 Å². The smallest absolute Gasteiger partial charge is 0.312 e. The lowest BCUT2D eigenvalue weighted by molar-refractivity contribution is -0.153. The van der Waals surface area contributed by atoms with Crippen LogP contribution in [0.2, 0.25) is 0 Å². The number of carbonyl (C=O) groups is 2. The van der Waals surface area contributed by atoms with Crippen molar-refractivity contribution in [1.82, 2.24) is 14.7 Å². The fourth-order valence-corrected chi connectivity index (χ4v) is 4.57. The summed E-state index contributed by atoms with van der Waals surface area (Å²) in [5.41, 5.74) is 0. The zero-order chi connectivity index (χ0) is 15.6. The average Bonchev–Trinajstić information content (AvgIpc) is 2.85. The summed E-state index contributed by atoms with van der Waals surface area (Å²) >= 11 is 0. The summed E-state index contributed by atoms with van der Waals surface area (Å²) in [5, 5.41) is 0. The van der Waals surface area contributed by atoms with Crippen LogP contribution in [0.1, 0.15) is 13.3 Å². The molecule has 0 aromatic rings. The third-order valence-electron chi connectivity index (χ3n) is 4.37. The lowest BCUT2D eigenvalue weighted by Gasteiger charge is -2.34. The van der Waals surface area contributed by atoms with Gasteiger partial charge in [-0.25, -0.2) is 8.42 Å². The first-order valence-electron chi connectivity index (χ1n) is 7.33. The van der Waals surface area contributed by atoms with Crippen molar-refractivity contribution >= 4 is 21.7 Å². The molecule has 21 heavy (non-hydrogen) atoms. The Morgan fingerprint density at radius 2 is 1.81 bits per heavy atom. The van der Waals surface area contributed by atoms with Crippen LogP contribution in [0.25, 0.3) is 0 Å². The van der Waals surface area contributed by atoms with Gasteiger partial charge < -0.3 is 14.7 Å². The van der Waals surface area contributed by atoms with Gasteiger partial charge in [0.15, 0.2) is 9.84 Å². The molecule has 8 heteroatoms. The van der Waals surface area contributed by atoms with Gasteiger partial charge in [0, 0.05) is 39.3 Å². The van der Waals surface area contributed by atoms with Gasteiger partial charge in [0.05, 0.1) is 11.5 Å². The van der Waals surface area contributed by atoms with E-state index in [1.54, 1.807) is 4.90 Å². The van der Waals surface area contributed by atoms with Crippen molar-refractivity contribution in [3.05, 3.63) is 0 Å². The lowest BCUT2D eigenvalue weighted by atomic mass is 10.2. The van der Waals surface area contributed by atoms with Crippen molar-refractivity contribution in [1.29, 1.82) is 0 Å². The zero-order valence-corrected chi connectivity index (χ0v) is 13.4. The average molecular weight is 317 g/mol. The van der Waals surface area contributed by atoms with Gasteiger partial charge in [-0.05, 0) is 13.0 Å². The van der Waals surface area contributed by atoms with Crippen LogP contribution in [0.3, 0.4) is 0 Å². The van der Waals surface area contributed by atoms with Gasteiger partial charge in [0.25, 0.3) is 0 Å². The Morgan fingerprint density at radius 3 is 2.29 bits per heavy atom. The molecule has 2 aliphatic rings. The number of hydrogen-bond acceptors (Lipinski definition) is 5. The summed E-state index contributed by atoms with van der Waals surface area (Å²) in [6.07, 6.45) is 0.418. The van der Waals surface area contributed by atoms with Crippen molar-refractivity contribution in [3.8, 4) is 0 Å². The molecule has 2 heterocycles. The Labute approximate surface area is 125 Å². The molecule has 0 aliphatic carbocycles. The largest absolute Gasteiger partial charge is 0.333 e. The van der Waals surface area contributed by atoms with Crippen molar-refractivity contribution < 1.29 is 18.0 Å². The molecular formula is C13H23N3O4S. The van der Waals surface area contributed by atoms with Crippen LogP contribution in [0.15, 0.2) is 0 Å². The topological polar surface area (TPSA) is 78.0 Å². The molecule has 7 nitrogen and oxygen atoms in total. The molecule has 0 spiro atoms. The molecule has 120 valence electrons. The monoisotopic (exact) mass is 317 g/mol. The molecule has 2 fully saturated rings. The third kappa shape index (κ3) is 3.74. The van der Waals surface area contributed by atoms with E-state index in [0.29, 0.717) is 19.5 Å². The van der Waals surface area contributed by atoms with Crippen molar-refractivity contribution in [2.24, 2.45) is 0 Å². The highest BCUT2D eigenvalue weighted by Crippen LogP contribution is 2.17. The molecule has 0 saturated carbocycles. The maximum absolute atomic E-state index is 12.2. The fourth-order valence-electron chi connectivity index (χ4n) is 2.80. The Kier molecular flexibility index (Phi) is 4.88. The van der Waals surface area contributed by atoms with Gasteiger partial charge in [-0.2, -0.15) is 0 Å². The van der Waals surface area contributed by atoms with Crippen LogP contribution in [0, 0.1) is 0 Å². The highest BCUT2D eigenvalue weighted by molar-refractivity contribution is 7.91. The lowest BCUT2D eigenvalue weighted by Crippen LogP contribution is -2.54. The molecule has 0 N–H and O–H groups in total. The molecule has 0 bridgehead atoms. The zero-order valence-electron chi connectivity index (χ0n) is 12.6. The number of rotatable bonds is 2. The maximum atomic E-state index is 12.2. The first kappa shape index (κ1) is 16.2. The van der Waals surface area contributed by atoms with Gasteiger partial charge in [0.1, 0.15) is 0 Å². The Balaban J connectivity index is 1.92. The summed E-state index contributed by atoms with van der Waals surface area (Å²) in [6.45, 7) is 5.66. The van der Waals surface area contributed by atoms with E-state index in [4.69, 9.17) is 0 Å². The third-order valence-corrected chi connectivity index (χ3v) is 6.12. The molecule has 0 aromatic heterocycles. The first-order chi connectivity index (χ1) is 9.84. The van der Waals surface area contributed by atoms with Crippen LogP contribution < -0.4 is 0 Å². The summed E-state index contributed by atoms with van der Waals surface area (Å²) in [6, 6.07) is -0.372. The van der Waals surface area contributed by atoms with Gasteiger partial charge in [-0.1, -0.05) is 6.92 Å². The van der Waals surface area contributed by atoms with E-state index in [9.17, 15) is 18.0 Å². The minimum Gasteiger partial charge on any atom is -0.333 e. The highest BCUT2D eigenvalue weighted by Gasteiger charge is 2.36. The van der Waals surface area contributed by atoms with E-state index < -0.39 is 21.7 Å². The number of nitrogens with zero attached hydrogens (tertiary/aromatic N) is 3. The highest BCUT2D eigenvalue weighted by atomic mass is 32.2.